The highest BCUT2D eigenvalue weighted by Gasteiger charge is 2.50. The molecule has 1 saturated carbocycles. The number of benzene rings is 1. The number of anilines is 1. The number of hydrogen-bond acceptors (Lipinski definition) is 1. The first kappa shape index (κ1) is 14.4. The van der Waals surface area contributed by atoms with Crippen LogP contribution in [-0.4, -0.2) is 23.5 Å². The van der Waals surface area contributed by atoms with E-state index in [0.29, 0.717) is 11.5 Å². The third-order valence-electron chi connectivity index (χ3n) is 5.06. The molecule has 1 N–H and O–H groups in total. The van der Waals surface area contributed by atoms with Gasteiger partial charge in [-0.3, -0.25) is 0 Å². The summed E-state index contributed by atoms with van der Waals surface area (Å²) in [4.78, 5) is 14.7. The summed E-state index contributed by atoms with van der Waals surface area (Å²) in [6, 6.07) is 8.43. The molecule has 114 valence electrons. The average molecular weight is 286 g/mol. The number of carbonyl (C=O) groups is 1. The predicted molar refractivity (Wildman–Crippen MR) is 86.4 cm³/mol. The standard InChI is InChI=1S/C18H26N2O/c1-13-7-5-6-8-15(13)19-16(21)20-12-18(4)10-14(20)9-17(2,3)11-18/h5-8,14H,9-12H2,1-4H3,(H,19,21). The van der Waals surface area contributed by atoms with Crippen molar-refractivity contribution in [2.45, 2.75) is 53.0 Å². The van der Waals surface area contributed by atoms with Gasteiger partial charge in [0.2, 0.25) is 0 Å². The molecular weight excluding hydrogens is 260 g/mol. The third kappa shape index (κ3) is 2.78. The van der Waals surface area contributed by atoms with Gasteiger partial charge >= 0.3 is 6.03 Å². The molecule has 2 aliphatic rings. The largest absolute Gasteiger partial charge is 0.322 e. The van der Waals surface area contributed by atoms with Gasteiger partial charge in [0.15, 0.2) is 0 Å². The fraction of sp³-hybridized carbons (Fsp3) is 0.611. The molecule has 3 heteroatoms. The molecule has 1 aliphatic carbocycles. The first-order valence-corrected chi connectivity index (χ1v) is 7.91. The molecule has 2 atom stereocenters. The lowest BCUT2D eigenvalue weighted by molar-refractivity contribution is 0.130. The second kappa shape index (κ2) is 4.75. The van der Waals surface area contributed by atoms with Crippen molar-refractivity contribution in [3.8, 4) is 0 Å². The van der Waals surface area contributed by atoms with Crippen LogP contribution in [0.2, 0.25) is 0 Å². The summed E-state index contributed by atoms with van der Waals surface area (Å²) in [5.74, 6) is 0. The fourth-order valence-electron chi connectivity index (χ4n) is 4.60. The molecule has 2 fully saturated rings. The highest BCUT2D eigenvalue weighted by Crippen LogP contribution is 2.52. The number of aryl methyl sites for hydroxylation is 1. The summed E-state index contributed by atoms with van der Waals surface area (Å²) >= 11 is 0. The molecule has 0 radical (unpaired) electrons. The Morgan fingerprint density at radius 3 is 2.67 bits per heavy atom. The summed E-state index contributed by atoms with van der Waals surface area (Å²) in [5, 5.41) is 3.10. The van der Waals surface area contributed by atoms with Crippen LogP contribution >= 0.6 is 0 Å². The molecule has 2 unspecified atom stereocenters. The first-order valence-electron chi connectivity index (χ1n) is 7.91. The van der Waals surface area contributed by atoms with Crippen LogP contribution in [0, 0.1) is 17.8 Å². The Morgan fingerprint density at radius 1 is 1.24 bits per heavy atom. The molecule has 21 heavy (non-hydrogen) atoms. The summed E-state index contributed by atoms with van der Waals surface area (Å²) < 4.78 is 0. The fourth-order valence-corrected chi connectivity index (χ4v) is 4.60. The Morgan fingerprint density at radius 2 is 1.95 bits per heavy atom. The first-order chi connectivity index (χ1) is 9.78. The lowest BCUT2D eigenvalue weighted by Crippen LogP contribution is -2.40. The van der Waals surface area contributed by atoms with E-state index < -0.39 is 0 Å². The van der Waals surface area contributed by atoms with Crippen molar-refractivity contribution >= 4 is 11.7 Å². The van der Waals surface area contributed by atoms with Crippen molar-refractivity contribution in [2.75, 3.05) is 11.9 Å². The molecule has 2 amide bonds. The van der Waals surface area contributed by atoms with Crippen LogP contribution in [0.3, 0.4) is 0 Å². The van der Waals surface area contributed by atoms with E-state index in [1.54, 1.807) is 0 Å². The van der Waals surface area contributed by atoms with Crippen molar-refractivity contribution < 1.29 is 4.79 Å². The van der Waals surface area contributed by atoms with Gasteiger partial charge in [-0.15, -0.1) is 0 Å². The average Bonchev–Trinajstić information content (AvgIpc) is 2.61. The normalized spacial score (nSPS) is 30.3. The zero-order valence-corrected chi connectivity index (χ0v) is 13.6. The Kier molecular flexibility index (Phi) is 3.27. The lowest BCUT2D eigenvalue weighted by atomic mass is 9.65. The molecule has 2 bridgehead atoms. The maximum absolute atomic E-state index is 12.7. The highest BCUT2D eigenvalue weighted by atomic mass is 16.2. The van der Waals surface area contributed by atoms with Crippen LogP contribution in [0.15, 0.2) is 24.3 Å². The van der Waals surface area contributed by atoms with E-state index in [0.717, 1.165) is 30.6 Å². The van der Waals surface area contributed by atoms with Crippen LogP contribution < -0.4 is 5.32 Å². The van der Waals surface area contributed by atoms with Gasteiger partial charge in [-0.05, 0) is 48.6 Å². The van der Waals surface area contributed by atoms with Crippen molar-refractivity contribution in [1.29, 1.82) is 0 Å². The molecule has 1 aliphatic heterocycles. The maximum Gasteiger partial charge on any atom is 0.322 e. The summed E-state index contributed by atoms with van der Waals surface area (Å²) in [6.45, 7) is 9.92. The van der Waals surface area contributed by atoms with Crippen molar-refractivity contribution in [3.63, 3.8) is 0 Å². The number of fused-ring (bicyclic) bond motifs is 2. The number of amides is 2. The summed E-state index contributed by atoms with van der Waals surface area (Å²) in [7, 11) is 0. The van der Waals surface area contributed by atoms with E-state index in [9.17, 15) is 4.79 Å². The van der Waals surface area contributed by atoms with Crippen molar-refractivity contribution in [2.24, 2.45) is 10.8 Å². The van der Waals surface area contributed by atoms with Gasteiger partial charge in [0.25, 0.3) is 0 Å². The number of carbonyl (C=O) groups excluding carboxylic acids is 1. The van der Waals surface area contributed by atoms with Crippen LogP contribution in [-0.2, 0) is 0 Å². The number of nitrogens with zero attached hydrogens (tertiary/aromatic N) is 1. The SMILES string of the molecule is Cc1ccccc1NC(=O)N1CC2(C)CC1CC(C)(C)C2. The molecule has 1 heterocycles. The third-order valence-corrected chi connectivity index (χ3v) is 5.06. The molecule has 0 aromatic heterocycles. The topological polar surface area (TPSA) is 32.3 Å². The van der Waals surface area contributed by atoms with Gasteiger partial charge in [0, 0.05) is 18.3 Å². The zero-order valence-electron chi connectivity index (χ0n) is 13.6. The van der Waals surface area contributed by atoms with Crippen molar-refractivity contribution in [3.05, 3.63) is 29.8 Å². The van der Waals surface area contributed by atoms with Gasteiger partial charge < -0.3 is 10.2 Å². The second-order valence-electron chi connectivity index (χ2n) is 8.09. The van der Waals surface area contributed by atoms with E-state index in [-0.39, 0.29) is 11.4 Å². The Bertz CT molecular complexity index is 566. The minimum Gasteiger partial charge on any atom is -0.321 e. The second-order valence-corrected chi connectivity index (χ2v) is 8.09. The van der Waals surface area contributed by atoms with Gasteiger partial charge in [0.05, 0.1) is 0 Å². The number of rotatable bonds is 1. The summed E-state index contributed by atoms with van der Waals surface area (Å²) in [5.41, 5.74) is 2.66. The quantitative estimate of drug-likeness (QED) is 0.814. The number of nitrogens with one attached hydrogen (secondary N) is 1. The maximum atomic E-state index is 12.7. The molecule has 3 rings (SSSR count). The van der Waals surface area contributed by atoms with Crippen LogP contribution in [0.1, 0.15) is 45.6 Å². The zero-order chi connectivity index (χ0) is 15.3. The summed E-state index contributed by atoms with van der Waals surface area (Å²) in [6.07, 6.45) is 3.48. The number of para-hydroxylation sites is 1. The van der Waals surface area contributed by atoms with Crippen LogP contribution in [0.5, 0.6) is 0 Å². The van der Waals surface area contributed by atoms with E-state index in [1.807, 2.05) is 31.2 Å². The van der Waals surface area contributed by atoms with E-state index in [2.05, 4.69) is 31.0 Å². The Hall–Kier alpha value is -1.51. The van der Waals surface area contributed by atoms with Gasteiger partial charge in [-0.25, -0.2) is 4.79 Å². The molecule has 1 saturated heterocycles. The molecule has 1 aromatic rings. The van der Waals surface area contributed by atoms with E-state index >= 15 is 0 Å². The monoisotopic (exact) mass is 286 g/mol. The number of urea groups is 1. The number of hydrogen-bond donors (Lipinski definition) is 1. The van der Waals surface area contributed by atoms with Crippen molar-refractivity contribution in [1.82, 2.24) is 4.90 Å². The highest BCUT2D eigenvalue weighted by molar-refractivity contribution is 5.90. The van der Waals surface area contributed by atoms with Crippen LogP contribution in [0.4, 0.5) is 10.5 Å². The smallest absolute Gasteiger partial charge is 0.321 e. The van der Waals surface area contributed by atoms with Gasteiger partial charge in [-0.1, -0.05) is 39.0 Å². The minimum atomic E-state index is 0.0655. The molecule has 1 aromatic carbocycles. The molecular formula is C18H26N2O. The van der Waals surface area contributed by atoms with Gasteiger partial charge in [-0.2, -0.15) is 0 Å². The number of likely N-dealkylation sites (tertiary alicyclic amines) is 1. The van der Waals surface area contributed by atoms with Gasteiger partial charge in [0.1, 0.15) is 0 Å². The predicted octanol–water partition coefficient (Wildman–Crippen LogP) is 4.43. The Labute approximate surface area is 127 Å². The lowest BCUT2D eigenvalue weighted by Gasteiger charge is -2.39. The van der Waals surface area contributed by atoms with E-state index in [4.69, 9.17) is 0 Å². The molecule has 0 spiro atoms. The minimum absolute atomic E-state index is 0.0655. The van der Waals surface area contributed by atoms with Crippen LogP contribution in [0.25, 0.3) is 0 Å². The molecule has 3 nitrogen and oxygen atoms in total. The van der Waals surface area contributed by atoms with E-state index in [1.165, 1.54) is 6.42 Å². The Balaban J connectivity index is 1.76.